The van der Waals surface area contributed by atoms with Crippen molar-refractivity contribution in [1.82, 2.24) is 10.3 Å². The molecular formula is C25H26N2O. The van der Waals surface area contributed by atoms with Gasteiger partial charge < -0.3 is 15.0 Å². The fraction of sp³-hybridized carbons (Fsp3) is 0.280. The molecule has 142 valence electrons. The van der Waals surface area contributed by atoms with E-state index in [1.165, 1.54) is 44.1 Å². The van der Waals surface area contributed by atoms with Crippen molar-refractivity contribution < 1.29 is 4.74 Å². The molecule has 0 radical (unpaired) electrons. The Morgan fingerprint density at radius 2 is 1.86 bits per heavy atom. The molecule has 0 spiro atoms. The molecule has 0 unspecified atom stereocenters. The Morgan fingerprint density at radius 1 is 0.964 bits per heavy atom. The molecule has 1 aromatic heterocycles. The second kappa shape index (κ2) is 7.33. The van der Waals surface area contributed by atoms with Crippen LogP contribution in [0.2, 0.25) is 0 Å². The van der Waals surface area contributed by atoms with E-state index >= 15 is 0 Å². The van der Waals surface area contributed by atoms with Crippen molar-refractivity contribution in [2.75, 3.05) is 19.7 Å². The summed E-state index contributed by atoms with van der Waals surface area (Å²) in [5.74, 6) is 0.982. The minimum absolute atomic E-state index is 0.739. The summed E-state index contributed by atoms with van der Waals surface area (Å²) in [6, 6.07) is 19.7. The first-order chi connectivity index (χ1) is 13.8. The predicted octanol–water partition coefficient (Wildman–Crippen LogP) is 5.47. The van der Waals surface area contributed by atoms with Gasteiger partial charge in [-0.1, -0.05) is 43.3 Å². The van der Waals surface area contributed by atoms with Gasteiger partial charge in [0, 0.05) is 34.9 Å². The monoisotopic (exact) mass is 370 g/mol. The number of fused-ring (bicyclic) bond motifs is 4. The highest BCUT2D eigenvalue weighted by molar-refractivity contribution is 6.02. The molecule has 0 saturated heterocycles. The van der Waals surface area contributed by atoms with Crippen LogP contribution < -0.4 is 10.1 Å². The van der Waals surface area contributed by atoms with Crippen LogP contribution in [0, 0.1) is 0 Å². The van der Waals surface area contributed by atoms with Gasteiger partial charge in [-0.15, -0.1) is 0 Å². The van der Waals surface area contributed by atoms with Crippen molar-refractivity contribution >= 4 is 21.7 Å². The van der Waals surface area contributed by atoms with Crippen molar-refractivity contribution in [3.8, 4) is 16.9 Å². The number of aromatic nitrogens is 1. The van der Waals surface area contributed by atoms with E-state index in [2.05, 4.69) is 71.8 Å². The topological polar surface area (TPSA) is 37.0 Å². The fourth-order valence-corrected chi connectivity index (χ4v) is 4.41. The molecule has 1 aliphatic heterocycles. The van der Waals surface area contributed by atoms with Gasteiger partial charge in [0.2, 0.25) is 0 Å². The SMILES string of the molecule is CCCOc1cc(-c2cccc3[nH]c4c(c23)CCNCC4)cc2ccccc12. The van der Waals surface area contributed by atoms with Crippen LogP contribution in [0.15, 0.2) is 54.6 Å². The maximum absolute atomic E-state index is 6.14. The van der Waals surface area contributed by atoms with E-state index in [0.29, 0.717) is 0 Å². The van der Waals surface area contributed by atoms with Crippen molar-refractivity contribution in [1.29, 1.82) is 0 Å². The van der Waals surface area contributed by atoms with Crippen LogP contribution in [0.3, 0.4) is 0 Å². The normalized spacial score (nSPS) is 14.2. The number of hydrogen-bond donors (Lipinski definition) is 2. The van der Waals surface area contributed by atoms with Crippen LogP contribution in [-0.2, 0) is 12.8 Å². The third-order valence-electron chi connectivity index (χ3n) is 5.72. The van der Waals surface area contributed by atoms with E-state index in [0.717, 1.165) is 44.7 Å². The molecule has 1 aliphatic rings. The van der Waals surface area contributed by atoms with Gasteiger partial charge in [0.15, 0.2) is 0 Å². The minimum atomic E-state index is 0.739. The standard InChI is InChI=1S/C25H26N2O/c1-2-14-28-24-16-18(15-17-6-3-4-7-19(17)24)20-8-5-9-23-25(20)21-10-12-26-13-11-22(21)27-23/h3-9,15-16,26-27H,2,10-14H2,1H3. The van der Waals surface area contributed by atoms with E-state index in [-0.39, 0.29) is 0 Å². The van der Waals surface area contributed by atoms with Crippen molar-refractivity contribution in [2.45, 2.75) is 26.2 Å². The zero-order chi connectivity index (χ0) is 18.9. The largest absolute Gasteiger partial charge is 0.493 e. The lowest BCUT2D eigenvalue weighted by Crippen LogP contribution is -2.16. The van der Waals surface area contributed by atoms with Crippen LogP contribution in [0.4, 0.5) is 0 Å². The lowest BCUT2D eigenvalue weighted by Gasteiger charge is -2.13. The minimum Gasteiger partial charge on any atom is -0.493 e. The van der Waals surface area contributed by atoms with E-state index in [1.807, 2.05) is 0 Å². The third kappa shape index (κ3) is 2.96. The quantitative estimate of drug-likeness (QED) is 0.500. The molecule has 3 nitrogen and oxygen atoms in total. The fourth-order valence-electron chi connectivity index (χ4n) is 4.41. The second-order valence-corrected chi connectivity index (χ2v) is 7.60. The zero-order valence-electron chi connectivity index (χ0n) is 16.3. The van der Waals surface area contributed by atoms with Gasteiger partial charge in [0.05, 0.1) is 6.61 Å². The highest BCUT2D eigenvalue weighted by Gasteiger charge is 2.18. The second-order valence-electron chi connectivity index (χ2n) is 7.60. The zero-order valence-corrected chi connectivity index (χ0v) is 16.3. The summed E-state index contributed by atoms with van der Waals surface area (Å²) >= 11 is 0. The van der Waals surface area contributed by atoms with Crippen LogP contribution >= 0.6 is 0 Å². The van der Waals surface area contributed by atoms with Crippen molar-refractivity contribution in [2.24, 2.45) is 0 Å². The molecular weight excluding hydrogens is 344 g/mol. The van der Waals surface area contributed by atoms with E-state index in [9.17, 15) is 0 Å². The highest BCUT2D eigenvalue weighted by Crippen LogP contribution is 2.38. The van der Waals surface area contributed by atoms with Gasteiger partial charge in [-0.25, -0.2) is 0 Å². The first kappa shape index (κ1) is 17.3. The molecule has 2 heterocycles. The number of H-pyrrole nitrogens is 1. The van der Waals surface area contributed by atoms with Crippen LogP contribution in [0.5, 0.6) is 5.75 Å². The lowest BCUT2D eigenvalue weighted by atomic mass is 9.94. The van der Waals surface area contributed by atoms with Crippen molar-refractivity contribution in [3.63, 3.8) is 0 Å². The lowest BCUT2D eigenvalue weighted by molar-refractivity contribution is 0.321. The van der Waals surface area contributed by atoms with Gasteiger partial charge in [0.25, 0.3) is 0 Å². The number of hydrogen-bond acceptors (Lipinski definition) is 2. The number of benzene rings is 3. The molecule has 28 heavy (non-hydrogen) atoms. The Morgan fingerprint density at radius 3 is 2.79 bits per heavy atom. The summed E-state index contributed by atoms with van der Waals surface area (Å²) in [6.45, 7) is 4.97. The summed E-state index contributed by atoms with van der Waals surface area (Å²) in [5.41, 5.74) is 6.63. The average molecular weight is 370 g/mol. The first-order valence-electron chi connectivity index (χ1n) is 10.3. The molecule has 0 fully saturated rings. The maximum Gasteiger partial charge on any atom is 0.127 e. The summed E-state index contributed by atoms with van der Waals surface area (Å²) in [5, 5.41) is 7.31. The number of aromatic amines is 1. The Kier molecular flexibility index (Phi) is 4.53. The molecule has 0 aliphatic carbocycles. The summed E-state index contributed by atoms with van der Waals surface area (Å²) in [6.07, 6.45) is 3.14. The van der Waals surface area contributed by atoms with E-state index in [4.69, 9.17) is 4.74 Å². The van der Waals surface area contributed by atoms with Gasteiger partial charge in [-0.05, 0) is 59.7 Å². The number of rotatable bonds is 4. The molecule has 3 heteroatoms. The van der Waals surface area contributed by atoms with Crippen LogP contribution in [-0.4, -0.2) is 24.7 Å². The van der Waals surface area contributed by atoms with Crippen LogP contribution in [0.25, 0.3) is 32.8 Å². The Hall–Kier alpha value is -2.78. The molecule has 5 rings (SSSR count). The average Bonchev–Trinajstić information content (AvgIpc) is 2.93. The molecule has 2 N–H and O–H groups in total. The summed E-state index contributed by atoms with van der Waals surface area (Å²) < 4.78 is 6.14. The van der Waals surface area contributed by atoms with Crippen molar-refractivity contribution in [3.05, 3.63) is 65.9 Å². The Labute approximate surface area is 165 Å². The number of ether oxygens (including phenoxy) is 1. The summed E-state index contributed by atoms with van der Waals surface area (Å²) in [7, 11) is 0. The Bertz CT molecular complexity index is 1140. The molecule has 4 aromatic rings. The predicted molar refractivity (Wildman–Crippen MR) is 117 cm³/mol. The molecule has 3 aromatic carbocycles. The first-order valence-corrected chi connectivity index (χ1v) is 10.3. The van der Waals surface area contributed by atoms with Gasteiger partial charge >= 0.3 is 0 Å². The van der Waals surface area contributed by atoms with E-state index < -0.39 is 0 Å². The van der Waals surface area contributed by atoms with Gasteiger partial charge in [0.1, 0.15) is 5.75 Å². The molecule has 0 bridgehead atoms. The van der Waals surface area contributed by atoms with E-state index in [1.54, 1.807) is 0 Å². The third-order valence-corrected chi connectivity index (χ3v) is 5.72. The molecule has 0 amide bonds. The van der Waals surface area contributed by atoms with Crippen LogP contribution in [0.1, 0.15) is 24.6 Å². The Balaban J connectivity index is 1.74. The van der Waals surface area contributed by atoms with Gasteiger partial charge in [-0.3, -0.25) is 0 Å². The molecule has 0 saturated carbocycles. The van der Waals surface area contributed by atoms with Gasteiger partial charge in [-0.2, -0.15) is 0 Å². The maximum atomic E-state index is 6.14. The molecule has 0 atom stereocenters. The number of nitrogens with one attached hydrogen (secondary N) is 2. The highest BCUT2D eigenvalue weighted by atomic mass is 16.5. The summed E-state index contributed by atoms with van der Waals surface area (Å²) in [4.78, 5) is 3.68. The smallest absolute Gasteiger partial charge is 0.127 e.